The van der Waals surface area contributed by atoms with Crippen LogP contribution in [0.25, 0.3) is 6.08 Å². The maximum Gasteiger partial charge on any atom is 0.387 e. The number of amides is 1. The second-order valence-corrected chi connectivity index (χ2v) is 5.69. The fourth-order valence-corrected chi connectivity index (χ4v) is 2.21. The number of anilines is 1. The molecule has 2 rings (SSSR count). The zero-order valence-electron chi connectivity index (χ0n) is 15.2. The smallest absolute Gasteiger partial charge is 0.387 e. The van der Waals surface area contributed by atoms with Gasteiger partial charge in [0, 0.05) is 18.7 Å². The summed E-state index contributed by atoms with van der Waals surface area (Å²) in [6, 6.07) is 8.99. The number of hydrogen-bond donors (Lipinski definition) is 1. The Bertz CT molecular complexity index is 926. The molecule has 0 aliphatic heterocycles. The lowest BCUT2D eigenvalue weighted by Crippen LogP contribution is -2.14. The van der Waals surface area contributed by atoms with Crippen molar-refractivity contribution in [3.63, 3.8) is 0 Å². The number of ether oxygens (including phenoxy) is 2. The molecule has 9 heteroatoms. The number of rotatable bonds is 8. The fourth-order valence-electron chi connectivity index (χ4n) is 2.21. The summed E-state index contributed by atoms with van der Waals surface area (Å²) in [5.41, 5.74) is 0.413. The molecule has 2 aromatic carbocycles. The molecule has 152 valence electrons. The summed E-state index contributed by atoms with van der Waals surface area (Å²) in [6.45, 7) is -2.36. The molecule has 0 radical (unpaired) electrons. The molecule has 0 fully saturated rings. The SMILES string of the molecule is CC(=O)Nc1ccc(C(=O)COC(=O)/C=C/c2ccc(OC(F)F)cc2)c(F)c1. The Morgan fingerprint density at radius 1 is 1.10 bits per heavy atom. The van der Waals surface area contributed by atoms with E-state index in [0.29, 0.717) is 5.56 Å². The van der Waals surface area contributed by atoms with E-state index in [0.717, 1.165) is 12.1 Å². The Morgan fingerprint density at radius 2 is 1.79 bits per heavy atom. The number of carbonyl (C=O) groups is 3. The maximum absolute atomic E-state index is 14.0. The molecule has 0 saturated heterocycles. The zero-order valence-corrected chi connectivity index (χ0v) is 15.2. The van der Waals surface area contributed by atoms with Gasteiger partial charge in [0.2, 0.25) is 11.7 Å². The summed E-state index contributed by atoms with van der Waals surface area (Å²) < 4.78 is 47.1. The molecule has 0 aromatic heterocycles. The Hall–Kier alpha value is -3.62. The first kappa shape index (κ1) is 21.7. The van der Waals surface area contributed by atoms with E-state index in [4.69, 9.17) is 4.74 Å². The van der Waals surface area contributed by atoms with E-state index < -0.39 is 30.8 Å². The van der Waals surface area contributed by atoms with Gasteiger partial charge in [-0.05, 0) is 42.0 Å². The molecule has 1 N–H and O–H groups in total. The van der Waals surface area contributed by atoms with E-state index in [9.17, 15) is 27.6 Å². The van der Waals surface area contributed by atoms with E-state index in [1.807, 2.05) is 0 Å². The minimum Gasteiger partial charge on any atom is -0.454 e. The quantitative estimate of drug-likeness (QED) is 0.409. The number of benzene rings is 2. The summed E-state index contributed by atoms with van der Waals surface area (Å²) in [6.07, 6.45) is 2.38. The molecule has 6 nitrogen and oxygen atoms in total. The predicted octanol–water partition coefficient (Wildman–Crippen LogP) is 3.82. The van der Waals surface area contributed by atoms with Crippen LogP contribution >= 0.6 is 0 Å². The molecule has 0 heterocycles. The van der Waals surface area contributed by atoms with Crippen LogP contribution in [0.1, 0.15) is 22.8 Å². The van der Waals surface area contributed by atoms with Crippen molar-refractivity contribution in [1.82, 2.24) is 0 Å². The Balaban J connectivity index is 1.89. The van der Waals surface area contributed by atoms with Crippen molar-refractivity contribution in [3.05, 3.63) is 65.5 Å². The van der Waals surface area contributed by atoms with Crippen molar-refractivity contribution in [2.45, 2.75) is 13.5 Å². The lowest BCUT2D eigenvalue weighted by Gasteiger charge is -2.06. The number of nitrogens with one attached hydrogen (secondary N) is 1. The van der Waals surface area contributed by atoms with Crippen LogP contribution in [0.5, 0.6) is 5.75 Å². The van der Waals surface area contributed by atoms with E-state index in [-0.39, 0.29) is 22.9 Å². The van der Waals surface area contributed by atoms with Crippen molar-refractivity contribution in [1.29, 1.82) is 0 Å². The number of hydrogen-bond acceptors (Lipinski definition) is 5. The third-order valence-electron chi connectivity index (χ3n) is 3.45. The van der Waals surface area contributed by atoms with Gasteiger partial charge >= 0.3 is 12.6 Å². The summed E-state index contributed by atoms with van der Waals surface area (Å²) in [4.78, 5) is 34.6. The highest BCUT2D eigenvalue weighted by Crippen LogP contribution is 2.17. The van der Waals surface area contributed by atoms with E-state index in [2.05, 4.69) is 10.1 Å². The molecule has 29 heavy (non-hydrogen) atoms. The maximum atomic E-state index is 14.0. The normalized spacial score (nSPS) is 10.8. The lowest BCUT2D eigenvalue weighted by molar-refractivity contribution is -0.136. The van der Waals surface area contributed by atoms with Crippen LogP contribution in [0.3, 0.4) is 0 Å². The third-order valence-corrected chi connectivity index (χ3v) is 3.45. The lowest BCUT2D eigenvalue weighted by atomic mass is 10.1. The minimum absolute atomic E-state index is 0.0307. The third kappa shape index (κ3) is 7.13. The number of ketones is 1. The van der Waals surface area contributed by atoms with Gasteiger partial charge in [-0.1, -0.05) is 12.1 Å². The molecule has 0 spiro atoms. The molecule has 0 bridgehead atoms. The molecule has 0 aliphatic carbocycles. The van der Waals surface area contributed by atoms with E-state index in [1.54, 1.807) is 0 Å². The molecule has 1 amide bonds. The van der Waals surface area contributed by atoms with Crippen molar-refractivity contribution in [2.24, 2.45) is 0 Å². The van der Waals surface area contributed by atoms with Crippen LogP contribution in [0, 0.1) is 5.82 Å². The van der Waals surface area contributed by atoms with Gasteiger partial charge < -0.3 is 14.8 Å². The zero-order chi connectivity index (χ0) is 21.4. The first-order chi connectivity index (χ1) is 13.7. The van der Waals surface area contributed by atoms with Crippen molar-refractivity contribution < 1.29 is 37.0 Å². The first-order valence-corrected chi connectivity index (χ1v) is 8.24. The highest BCUT2D eigenvalue weighted by Gasteiger charge is 2.14. The highest BCUT2D eigenvalue weighted by molar-refractivity contribution is 5.99. The average Bonchev–Trinajstić information content (AvgIpc) is 2.64. The second-order valence-electron chi connectivity index (χ2n) is 5.69. The number of alkyl halides is 2. The second kappa shape index (κ2) is 10.1. The van der Waals surface area contributed by atoms with Gasteiger partial charge in [0.1, 0.15) is 11.6 Å². The molecule has 2 aromatic rings. The van der Waals surface area contributed by atoms with Gasteiger partial charge in [0.25, 0.3) is 0 Å². The summed E-state index contributed by atoms with van der Waals surface area (Å²) in [5, 5.41) is 2.38. The number of esters is 1. The van der Waals surface area contributed by atoms with E-state index >= 15 is 0 Å². The van der Waals surface area contributed by atoms with Crippen molar-refractivity contribution in [2.75, 3.05) is 11.9 Å². The number of carbonyl (C=O) groups excluding carboxylic acids is 3. The summed E-state index contributed by atoms with van der Waals surface area (Å²) >= 11 is 0. The Morgan fingerprint density at radius 3 is 2.38 bits per heavy atom. The molecule has 0 atom stereocenters. The summed E-state index contributed by atoms with van der Waals surface area (Å²) in [7, 11) is 0. The van der Waals surface area contributed by atoms with Crippen LogP contribution in [0.2, 0.25) is 0 Å². The molecule has 0 saturated carbocycles. The van der Waals surface area contributed by atoms with Crippen LogP contribution < -0.4 is 10.1 Å². The van der Waals surface area contributed by atoms with Gasteiger partial charge in [-0.3, -0.25) is 9.59 Å². The first-order valence-electron chi connectivity index (χ1n) is 8.24. The van der Waals surface area contributed by atoms with Crippen molar-refractivity contribution in [3.8, 4) is 5.75 Å². The highest BCUT2D eigenvalue weighted by atomic mass is 19.3. The van der Waals surface area contributed by atoms with E-state index in [1.165, 1.54) is 49.4 Å². The largest absolute Gasteiger partial charge is 0.454 e. The Kier molecular flexibility index (Phi) is 7.53. The average molecular weight is 407 g/mol. The fraction of sp³-hybridized carbons (Fsp3) is 0.150. The number of Topliss-reactive ketones (excluding diaryl/α,β-unsaturated/α-hetero) is 1. The predicted molar refractivity (Wildman–Crippen MR) is 98.1 cm³/mol. The summed E-state index contributed by atoms with van der Waals surface area (Å²) in [5.74, 6) is -2.88. The van der Waals surface area contributed by atoms with Gasteiger partial charge in [0.15, 0.2) is 6.61 Å². The van der Waals surface area contributed by atoms with Crippen LogP contribution in [-0.4, -0.2) is 30.9 Å². The van der Waals surface area contributed by atoms with Gasteiger partial charge in [-0.2, -0.15) is 8.78 Å². The Labute approximate surface area is 163 Å². The monoisotopic (exact) mass is 407 g/mol. The van der Waals surface area contributed by atoms with Crippen LogP contribution in [0.15, 0.2) is 48.5 Å². The van der Waals surface area contributed by atoms with Gasteiger partial charge in [0.05, 0.1) is 5.56 Å². The molecule has 0 unspecified atom stereocenters. The standard InChI is InChI=1S/C20H16F3NO5/c1-12(25)24-14-5-8-16(17(21)10-14)18(26)11-28-19(27)9-4-13-2-6-15(7-3-13)29-20(22)23/h2-10,20H,11H2,1H3,(H,24,25)/b9-4+. The van der Waals surface area contributed by atoms with Gasteiger partial charge in [-0.25, -0.2) is 9.18 Å². The topological polar surface area (TPSA) is 81.7 Å². The van der Waals surface area contributed by atoms with Crippen LogP contribution in [0.4, 0.5) is 18.9 Å². The van der Waals surface area contributed by atoms with Crippen LogP contribution in [-0.2, 0) is 14.3 Å². The van der Waals surface area contributed by atoms with Crippen molar-refractivity contribution >= 4 is 29.4 Å². The van der Waals surface area contributed by atoms with Gasteiger partial charge in [-0.15, -0.1) is 0 Å². The number of halogens is 3. The molecular formula is C20H16F3NO5. The molecular weight excluding hydrogens is 391 g/mol. The molecule has 0 aliphatic rings. The minimum atomic E-state index is -2.93.